The number of amides is 1. The van der Waals surface area contributed by atoms with E-state index in [-0.39, 0.29) is 17.6 Å². The number of rotatable bonds is 2. The number of fused-ring (bicyclic) bond motifs is 1. The zero-order valence-corrected chi connectivity index (χ0v) is 11.9. The lowest BCUT2D eigenvalue weighted by molar-refractivity contribution is -0.117. The normalized spacial score (nSPS) is 16.7. The van der Waals surface area contributed by atoms with E-state index in [2.05, 4.69) is 10.6 Å². The largest absolute Gasteiger partial charge is 0.508 e. The first-order valence-corrected chi connectivity index (χ1v) is 7.08. The van der Waals surface area contributed by atoms with Crippen LogP contribution in [0.1, 0.15) is 23.5 Å². The molecule has 1 unspecified atom stereocenters. The van der Waals surface area contributed by atoms with Crippen LogP contribution in [0.2, 0.25) is 0 Å². The van der Waals surface area contributed by atoms with Crippen LogP contribution in [0.25, 0.3) is 0 Å². The van der Waals surface area contributed by atoms with E-state index < -0.39 is 0 Å². The molecule has 0 aliphatic carbocycles. The fourth-order valence-electron chi connectivity index (χ4n) is 2.66. The van der Waals surface area contributed by atoms with Gasteiger partial charge >= 0.3 is 0 Å². The number of phenols is 1. The lowest BCUT2D eigenvalue weighted by Gasteiger charge is -2.25. The monoisotopic (exact) mass is 282 g/mol. The Bertz CT molecular complexity index is 682. The van der Waals surface area contributed by atoms with Crippen molar-refractivity contribution in [3.63, 3.8) is 0 Å². The van der Waals surface area contributed by atoms with Crippen LogP contribution in [0.3, 0.4) is 0 Å². The summed E-state index contributed by atoms with van der Waals surface area (Å²) in [6.45, 7) is 2.61. The van der Waals surface area contributed by atoms with E-state index >= 15 is 0 Å². The summed E-state index contributed by atoms with van der Waals surface area (Å²) in [5.74, 6) is -0.00314. The Morgan fingerprint density at radius 3 is 2.90 bits per heavy atom. The molecule has 2 aromatic rings. The van der Waals surface area contributed by atoms with E-state index in [1.165, 1.54) is 0 Å². The number of hydrogen-bond acceptors (Lipinski definition) is 3. The van der Waals surface area contributed by atoms with Gasteiger partial charge in [-0.15, -0.1) is 0 Å². The third kappa shape index (κ3) is 2.70. The van der Waals surface area contributed by atoms with Gasteiger partial charge in [-0.2, -0.15) is 0 Å². The van der Waals surface area contributed by atoms with Crippen LogP contribution in [0.4, 0.5) is 11.4 Å². The maximum Gasteiger partial charge on any atom is 0.232 e. The van der Waals surface area contributed by atoms with Crippen LogP contribution in [0, 0.1) is 6.92 Å². The number of carbonyl (C=O) groups is 1. The van der Waals surface area contributed by atoms with Gasteiger partial charge in [0, 0.05) is 24.0 Å². The molecule has 3 N–H and O–H groups in total. The fraction of sp³-hybridized carbons (Fsp3) is 0.235. The predicted octanol–water partition coefficient (Wildman–Crippen LogP) is 3.24. The second-order valence-electron chi connectivity index (χ2n) is 5.35. The van der Waals surface area contributed by atoms with Gasteiger partial charge in [-0.1, -0.05) is 24.3 Å². The number of anilines is 2. The van der Waals surface area contributed by atoms with Crippen molar-refractivity contribution in [2.75, 3.05) is 17.2 Å². The minimum absolute atomic E-state index is 0.0350. The summed E-state index contributed by atoms with van der Waals surface area (Å²) in [6, 6.07) is 13.1. The highest BCUT2D eigenvalue weighted by molar-refractivity contribution is 5.97. The molecule has 4 heteroatoms. The molecule has 1 amide bonds. The van der Waals surface area contributed by atoms with Gasteiger partial charge in [-0.3, -0.25) is 4.79 Å². The third-order valence-corrected chi connectivity index (χ3v) is 3.88. The summed E-state index contributed by atoms with van der Waals surface area (Å²) in [5, 5.41) is 15.9. The first kappa shape index (κ1) is 13.5. The van der Waals surface area contributed by atoms with Crippen molar-refractivity contribution in [1.82, 2.24) is 0 Å². The van der Waals surface area contributed by atoms with E-state index in [1.807, 2.05) is 31.2 Å². The minimum atomic E-state index is -0.161. The number of benzene rings is 2. The molecule has 0 saturated heterocycles. The highest BCUT2D eigenvalue weighted by Crippen LogP contribution is 2.32. The Balaban J connectivity index is 1.81. The number of para-hydroxylation sites is 1. The first-order valence-electron chi connectivity index (χ1n) is 7.08. The highest BCUT2D eigenvalue weighted by atomic mass is 16.3. The van der Waals surface area contributed by atoms with Crippen molar-refractivity contribution in [3.05, 3.63) is 53.6 Å². The molecule has 1 aliphatic rings. The molecule has 0 saturated carbocycles. The van der Waals surface area contributed by atoms with Crippen LogP contribution in [0.15, 0.2) is 42.5 Å². The van der Waals surface area contributed by atoms with Crippen LogP contribution < -0.4 is 10.6 Å². The average molecular weight is 282 g/mol. The topological polar surface area (TPSA) is 61.4 Å². The molecule has 0 fully saturated rings. The lowest BCUT2D eigenvalue weighted by atomic mass is 9.90. The number of carbonyl (C=O) groups excluding carboxylic acids is 1. The Morgan fingerprint density at radius 2 is 2.10 bits per heavy atom. The van der Waals surface area contributed by atoms with Crippen molar-refractivity contribution in [2.24, 2.45) is 0 Å². The molecule has 1 aliphatic heterocycles. The SMILES string of the molecule is Cc1ccc(NC(=O)C2CCNc3ccccc32)cc1O. The molecular formula is C17H18N2O2. The zero-order chi connectivity index (χ0) is 14.8. The summed E-state index contributed by atoms with van der Waals surface area (Å²) >= 11 is 0. The summed E-state index contributed by atoms with van der Waals surface area (Å²) in [5.41, 5.74) is 3.47. The molecule has 1 heterocycles. The summed E-state index contributed by atoms with van der Waals surface area (Å²) in [7, 11) is 0. The molecular weight excluding hydrogens is 264 g/mol. The third-order valence-electron chi connectivity index (χ3n) is 3.88. The summed E-state index contributed by atoms with van der Waals surface area (Å²) < 4.78 is 0. The molecule has 0 radical (unpaired) electrons. The molecule has 4 nitrogen and oxygen atoms in total. The maximum atomic E-state index is 12.5. The highest BCUT2D eigenvalue weighted by Gasteiger charge is 2.26. The summed E-state index contributed by atoms with van der Waals surface area (Å²) in [4.78, 5) is 12.5. The van der Waals surface area contributed by atoms with Crippen molar-refractivity contribution in [2.45, 2.75) is 19.3 Å². The second kappa shape index (κ2) is 5.48. The molecule has 0 spiro atoms. The van der Waals surface area contributed by atoms with Gasteiger partial charge in [0.25, 0.3) is 0 Å². The molecule has 108 valence electrons. The molecule has 0 bridgehead atoms. The number of phenolic OH excluding ortho intramolecular Hbond substituents is 1. The minimum Gasteiger partial charge on any atom is -0.508 e. The number of nitrogens with one attached hydrogen (secondary N) is 2. The summed E-state index contributed by atoms with van der Waals surface area (Å²) in [6.07, 6.45) is 0.765. The van der Waals surface area contributed by atoms with Gasteiger partial charge in [0.1, 0.15) is 5.75 Å². The van der Waals surface area contributed by atoms with Gasteiger partial charge in [0.15, 0.2) is 0 Å². The molecule has 2 aromatic carbocycles. The van der Waals surface area contributed by atoms with Crippen LogP contribution in [0.5, 0.6) is 5.75 Å². The van der Waals surface area contributed by atoms with Gasteiger partial charge in [0.2, 0.25) is 5.91 Å². The van der Waals surface area contributed by atoms with Gasteiger partial charge in [0.05, 0.1) is 5.92 Å². The Morgan fingerprint density at radius 1 is 1.29 bits per heavy atom. The number of aromatic hydroxyl groups is 1. The van der Waals surface area contributed by atoms with Crippen molar-refractivity contribution >= 4 is 17.3 Å². The van der Waals surface area contributed by atoms with E-state index in [4.69, 9.17) is 0 Å². The average Bonchev–Trinajstić information content (AvgIpc) is 2.50. The second-order valence-corrected chi connectivity index (χ2v) is 5.35. The molecule has 3 rings (SSSR count). The van der Waals surface area contributed by atoms with E-state index in [9.17, 15) is 9.90 Å². The Labute approximate surface area is 123 Å². The van der Waals surface area contributed by atoms with Gasteiger partial charge < -0.3 is 15.7 Å². The van der Waals surface area contributed by atoms with Crippen LogP contribution >= 0.6 is 0 Å². The standard InChI is InChI=1S/C17H18N2O2/c1-11-6-7-12(10-16(11)20)19-17(21)14-8-9-18-15-5-3-2-4-13(14)15/h2-7,10,14,18,20H,8-9H2,1H3,(H,19,21). The van der Waals surface area contributed by atoms with Crippen LogP contribution in [-0.2, 0) is 4.79 Å². The first-order chi connectivity index (χ1) is 10.1. The molecule has 21 heavy (non-hydrogen) atoms. The van der Waals surface area contributed by atoms with Crippen molar-refractivity contribution in [1.29, 1.82) is 0 Å². The Hall–Kier alpha value is -2.49. The van der Waals surface area contributed by atoms with E-state index in [0.29, 0.717) is 5.69 Å². The van der Waals surface area contributed by atoms with Crippen molar-refractivity contribution < 1.29 is 9.90 Å². The maximum absolute atomic E-state index is 12.5. The quantitative estimate of drug-likeness (QED) is 0.792. The number of aryl methyl sites for hydroxylation is 1. The van der Waals surface area contributed by atoms with Crippen LogP contribution in [-0.4, -0.2) is 17.6 Å². The Kier molecular flexibility index (Phi) is 3.52. The van der Waals surface area contributed by atoms with E-state index in [0.717, 1.165) is 29.8 Å². The zero-order valence-electron chi connectivity index (χ0n) is 11.9. The molecule has 1 atom stereocenters. The van der Waals surface area contributed by atoms with Crippen molar-refractivity contribution in [3.8, 4) is 5.75 Å². The molecule has 0 aromatic heterocycles. The predicted molar refractivity (Wildman–Crippen MR) is 83.8 cm³/mol. The van der Waals surface area contributed by atoms with Gasteiger partial charge in [-0.05, 0) is 36.6 Å². The smallest absolute Gasteiger partial charge is 0.232 e. The van der Waals surface area contributed by atoms with Gasteiger partial charge in [-0.25, -0.2) is 0 Å². The van der Waals surface area contributed by atoms with E-state index in [1.54, 1.807) is 18.2 Å². The lowest BCUT2D eigenvalue weighted by Crippen LogP contribution is -2.27. The fourth-order valence-corrected chi connectivity index (χ4v) is 2.66. The number of hydrogen-bond donors (Lipinski definition) is 3.